The van der Waals surface area contributed by atoms with Crippen LogP contribution in [0.5, 0.6) is 0 Å². The number of hydrogen-bond donors (Lipinski definition) is 1. The standard InChI is InChI=1S/C11H12ClF3N6/c12-7-9-19-18-8(21(9)20-10(16)17-7)5-2-1-3-6(4-5)11(13,14)15/h5-6H,1-4H2,(H2,16,20). The zero-order valence-electron chi connectivity index (χ0n) is 10.8. The van der Waals surface area contributed by atoms with Crippen LogP contribution in [-0.4, -0.2) is 31.0 Å². The van der Waals surface area contributed by atoms with Crippen LogP contribution in [0.2, 0.25) is 5.15 Å². The van der Waals surface area contributed by atoms with E-state index in [1.165, 1.54) is 4.52 Å². The zero-order chi connectivity index (χ0) is 15.2. The first-order valence-corrected chi connectivity index (χ1v) is 6.85. The van der Waals surface area contributed by atoms with Crippen molar-refractivity contribution in [2.45, 2.75) is 37.8 Å². The number of nitrogens with two attached hydrogens (primary N) is 1. The maximum atomic E-state index is 12.9. The largest absolute Gasteiger partial charge is 0.391 e. The SMILES string of the molecule is Nc1nc(Cl)c2nnc(C3CCCC(C(F)(F)F)C3)n2n1. The Kier molecular flexibility index (Phi) is 3.39. The monoisotopic (exact) mass is 320 g/mol. The molecule has 6 nitrogen and oxygen atoms in total. The number of anilines is 1. The maximum absolute atomic E-state index is 12.9. The predicted octanol–water partition coefficient (Wildman–Crippen LogP) is 2.59. The van der Waals surface area contributed by atoms with Crippen molar-refractivity contribution in [2.75, 3.05) is 5.73 Å². The van der Waals surface area contributed by atoms with E-state index in [9.17, 15) is 13.2 Å². The van der Waals surface area contributed by atoms with Crippen molar-refractivity contribution in [2.24, 2.45) is 5.92 Å². The topological polar surface area (TPSA) is 82.0 Å². The highest BCUT2D eigenvalue weighted by Gasteiger charge is 2.43. The van der Waals surface area contributed by atoms with Crippen LogP contribution < -0.4 is 5.73 Å². The molecule has 0 amide bonds. The lowest BCUT2D eigenvalue weighted by atomic mass is 9.80. The van der Waals surface area contributed by atoms with Gasteiger partial charge in [-0.2, -0.15) is 22.7 Å². The molecule has 1 aliphatic carbocycles. The molecule has 0 aromatic carbocycles. The van der Waals surface area contributed by atoms with Gasteiger partial charge in [0.05, 0.1) is 5.92 Å². The number of aromatic nitrogens is 5. The lowest BCUT2D eigenvalue weighted by Gasteiger charge is -2.29. The molecular weight excluding hydrogens is 309 g/mol. The molecule has 0 bridgehead atoms. The minimum Gasteiger partial charge on any atom is -0.366 e. The number of nitrogen functional groups attached to an aromatic ring is 1. The van der Waals surface area contributed by atoms with E-state index in [0.29, 0.717) is 18.7 Å². The molecule has 2 N–H and O–H groups in total. The zero-order valence-corrected chi connectivity index (χ0v) is 11.6. The molecule has 0 radical (unpaired) electrons. The summed E-state index contributed by atoms with van der Waals surface area (Å²) >= 11 is 5.88. The van der Waals surface area contributed by atoms with E-state index in [-0.39, 0.29) is 35.5 Å². The van der Waals surface area contributed by atoms with Gasteiger partial charge in [0.15, 0.2) is 11.0 Å². The summed E-state index contributed by atoms with van der Waals surface area (Å²) in [4.78, 5) is 3.74. The summed E-state index contributed by atoms with van der Waals surface area (Å²) in [5.74, 6) is -1.41. The number of fused-ring (bicyclic) bond motifs is 1. The minimum absolute atomic E-state index is 0.0220. The van der Waals surface area contributed by atoms with Gasteiger partial charge in [0.1, 0.15) is 0 Å². The molecule has 0 spiro atoms. The molecule has 2 unspecified atom stereocenters. The predicted molar refractivity (Wildman–Crippen MR) is 68.8 cm³/mol. The molecule has 0 aliphatic heterocycles. The normalized spacial score (nSPS) is 23.6. The van der Waals surface area contributed by atoms with Gasteiger partial charge in [-0.1, -0.05) is 18.0 Å². The first-order chi connectivity index (χ1) is 9.86. The Morgan fingerprint density at radius 1 is 1.24 bits per heavy atom. The fourth-order valence-electron chi connectivity index (χ4n) is 2.77. The molecule has 2 atom stereocenters. The average Bonchev–Trinajstić information content (AvgIpc) is 2.82. The number of hydrogen-bond acceptors (Lipinski definition) is 5. The summed E-state index contributed by atoms with van der Waals surface area (Å²) in [7, 11) is 0. The third kappa shape index (κ3) is 2.61. The molecule has 0 saturated heterocycles. The summed E-state index contributed by atoms with van der Waals surface area (Å²) < 4.78 is 40.0. The van der Waals surface area contributed by atoms with E-state index in [4.69, 9.17) is 17.3 Å². The van der Waals surface area contributed by atoms with E-state index in [1.54, 1.807) is 0 Å². The summed E-state index contributed by atoms with van der Waals surface area (Å²) in [5.41, 5.74) is 5.72. The summed E-state index contributed by atoms with van der Waals surface area (Å²) in [5, 5.41) is 11.8. The number of alkyl halides is 3. The van der Waals surface area contributed by atoms with Gasteiger partial charge in [0, 0.05) is 5.92 Å². The van der Waals surface area contributed by atoms with Crippen molar-refractivity contribution in [1.29, 1.82) is 0 Å². The molecule has 21 heavy (non-hydrogen) atoms. The Bertz CT molecular complexity index is 670. The quantitative estimate of drug-likeness (QED) is 0.873. The van der Waals surface area contributed by atoms with E-state index in [2.05, 4.69) is 20.3 Å². The molecule has 2 heterocycles. The van der Waals surface area contributed by atoms with Crippen LogP contribution in [0.15, 0.2) is 0 Å². The van der Waals surface area contributed by atoms with Gasteiger partial charge in [0.2, 0.25) is 11.6 Å². The molecule has 1 fully saturated rings. The Balaban J connectivity index is 1.97. The smallest absolute Gasteiger partial charge is 0.366 e. The van der Waals surface area contributed by atoms with Gasteiger partial charge >= 0.3 is 6.18 Å². The van der Waals surface area contributed by atoms with Crippen molar-refractivity contribution in [3.8, 4) is 0 Å². The first-order valence-electron chi connectivity index (χ1n) is 6.47. The molecule has 2 aromatic rings. The van der Waals surface area contributed by atoms with Crippen molar-refractivity contribution >= 4 is 23.2 Å². The third-order valence-electron chi connectivity index (χ3n) is 3.77. The minimum atomic E-state index is -4.19. The summed E-state index contributed by atoms with van der Waals surface area (Å²) in [6, 6.07) is 0. The second kappa shape index (κ2) is 4.97. The van der Waals surface area contributed by atoms with Crippen LogP contribution in [0.4, 0.5) is 19.1 Å². The van der Waals surface area contributed by atoms with Gasteiger partial charge in [-0.25, -0.2) is 0 Å². The molecule has 1 saturated carbocycles. The molecule has 2 aromatic heterocycles. The lowest BCUT2D eigenvalue weighted by molar-refractivity contribution is -0.183. The number of halogens is 4. The van der Waals surface area contributed by atoms with Crippen molar-refractivity contribution in [1.82, 2.24) is 24.8 Å². The molecule has 114 valence electrons. The van der Waals surface area contributed by atoms with Crippen molar-refractivity contribution in [3.63, 3.8) is 0 Å². The molecule has 3 rings (SSSR count). The summed E-state index contributed by atoms with van der Waals surface area (Å²) in [6.45, 7) is 0. The highest BCUT2D eigenvalue weighted by atomic mass is 35.5. The van der Waals surface area contributed by atoms with Crippen LogP contribution in [0.25, 0.3) is 5.65 Å². The molecule has 1 aliphatic rings. The van der Waals surface area contributed by atoms with Gasteiger partial charge < -0.3 is 5.73 Å². The second-order valence-electron chi connectivity index (χ2n) is 5.16. The third-order valence-corrected chi connectivity index (χ3v) is 4.02. The Hall–Kier alpha value is -1.64. The van der Waals surface area contributed by atoms with Crippen LogP contribution in [0.3, 0.4) is 0 Å². The van der Waals surface area contributed by atoms with Crippen molar-refractivity contribution in [3.05, 3.63) is 11.0 Å². The van der Waals surface area contributed by atoms with Gasteiger partial charge in [0.25, 0.3) is 0 Å². The van der Waals surface area contributed by atoms with E-state index in [1.807, 2.05) is 0 Å². The second-order valence-corrected chi connectivity index (χ2v) is 5.51. The number of nitrogens with zero attached hydrogens (tertiary/aromatic N) is 5. The van der Waals surface area contributed by atoms with Crippen LogP contribution >= 0.6 is 11.6 Å². The Morgan fingerprint density at radius 2 is 2.00 bits per heavy atom. The highest BCUT2D eigenvalue weighted by Crippen LogP contribution is 2.43. The number of rotatable bonds is 1. The summed E-state index contributed by atoms with van der Waals surface area (Å²) in [6.07, 6.45) is -2.97. The molecule has 10 heteroatoms. The average molecular weight is 321 g/mol. The van der Waals surface area contributed by atoms with Crippen molar-refractivity contribution < 1.29 is 13.2 Å². The van der Waals surface area contributed by atoms with Crippen LogP contribution in [0.1, 0.15) is 37.4 Å². The van der Waals surface area contributed by atoms with E-state index in [0.717, 1.165) is 0 Å². The van der Waals surface area contributed by atoms with Gasteiger partial charge in [-0.05, 0) is 19.3 Å². The van der Waals surface area contributed by atoms with E-state index >= 15 is 0 Å². The Morgan fingerprint density at radius 3 is 2.71 bits per heavy atom. The molecular formula is C11H12ClF3N6. The van der Waals surface area contributed by atoms with Crippen LogP contribution in [-0.2, 0) is 0 Å². The van der Waals surface area contributed by atoms with E-state index < -0.39 is 12.1 Å². The van der Waals surface area contributed by atoms with Gasteiger partial charge in [-0.15, -0.1) is 15.3 Å². The fraction of sp³-hybridized carbons (Fsp3) is 0.636. The lowest BCUT2D eigenvalue weighted by Crippen LogP contribution is -2.28. The first kappa shape index (κ1) is 14.3. The van der Waals surface area contributed by atoms with Crippen LogP contribution in [0, 0.1) is 5.92 Å². The van der Waals surface area contributed by atoms with Gasteiger partial charge in [-0.3, -0.25) is 0 Å². The maximum Gasteiger partial charge on any atom is 0.391 e. The Labute approximate surface area is 122 Å². The fourth-order valence-corrected chi connectivity index (χ4v) is 2.98. The highest BCUT2D eigenvalue weighted by molar-refractivity contribution is 6.32.